The summed E-state index contributed by atoms with van der Waals surface area (Å²) in [5.74, 6) is -0.0420. The molecule has 5 heteroatoms. The van der Waals surface area contributed by atoms with E-state index in [0.29, 0.717) is 5.56 Å². The molecule has 2 aromatic carbocycles. The van der Waals surface area contributed by atoms with E-state index in [-0.39, 0.29) is 11.7 Å². The highest BCUT2D eigenvalue weighted by Gasteiger charge is 2.16. The maximum Gasteiger partial charge on any atom is 0.150 e. The zero-order chi connectivity index (χ0) is 18.0. The summed E-state index contributed by atoms with van der Waals surface area (Å²) in [5, 5.41) is 0.951. The summed E-state index contributed by atoms with van der Waals surface area (Å²) in [5.41, 5.74) is 4.16. The van der Waals surface area contributed by atoms with Crippen LogP contribution >= 0.6 is 0 Å². The molecule has 128 valence electrons. The van der Waals surface area contributed by atoms with Gasteiger partial charge in [0, 0.05) is 29.0 Å². The molecule has 0 fully saturated rings. The van der Waals surface area contributed by atoms with E-state index in [4.69, 9.17) is 0 Å². The van der Waals surface area contributed by atoms with Gasteiger partial charge in [-0.25, -0.2) is 8.42 Å². The van der Waals surface area contributed by atoms with Crippen molar-refractivity contribution in [3.05, 3.63) is 65.9 Å². The second-order valence-corrected chi connectivity index (χ2v) is 8.57. The van der Waals surface area contributed by atoms with E-state index in [0.717, 1.165) is 33.9 Å². The second kappa shape index (κ2) is 6.76. The monoisotopic (exact) mass is 353 g/mol. The van der Waals surface area contributed by atoms with Gasteiger partial charge < -0.3 is 0 Å². The number of sulfone groups is 1. The van der Waals surface area contributed by atoms with Crippen LogP contribution in [0.25, 0.3) is 22.0 Å². The molecule has 0 spiro atoms. The summed E-state index contributed by atoms with van der Waals surface area (Å²) in [7, 11) is -3.07. The van der Waals surface area contributed by atoms with Gasteiger partial charge in [-0.1, -0.05) is 31.2 Å². The van der Waals surface area contributed by atoms with Crippen molar-refractivity contribution in [2.75, 3.05) is 12.0 Å². The van der Waals surface area contributed by atoms with Crippen LogP contribution in [0.1, 0.15) is 28.8 Å². The van der Waals surface area contributed by atoms with Crippen LogP contribution in [-0.4, -0.2) is 31.7 Å². The Kier molecular flexibility index (Phi) is 4.68. The summed E-state index contributed by atoms with van der Waals surface area (Å²) in [6, 6.07) is 15.1. The molecule has 25 heavy (non-hydrogen) atoms. The van der Waals surface area contributed by atoms with E-state index < -0.39 is 9.84 Å². The van der Waals surface area contributed by atoms with Gasteiger partial charge in [-0.15, -0.1) is 0 Å². The molecule has 1 atom stereocenters. The lowest BCUT2D eigenvalue weighted by Gasteiger charge is -2.15. The van der Waals surface area contributed by atoms with Crippen molar-refractivity contribution >= 4 is 27.0 Å². The zero-order valence-electron chi connectivity index (χ0n) is 14.1. The molecule has 0 aliphatic rings. The van der Waals surface area contributed by atoms with Crippen LogP contribution in [0.4, 0.5) is 0 Å². The summed E-state index contributed by atoms with van der Waals surface area (Å²) < 4.78 is 23.3. The van der Waals surface area contributed by atoms with Crippen LogP contribution in [0.2, 0.25) is 0 Å². The number of carbonyl (C=O) groups is 1. The third-order valence-electron chi connectivity index (χ3n) is 4.18. The quantitative estimate of drug-likeness (QED) is 0.653. The van der Waals surface area contributed by atoms with E-state index in [1.807, 2.05) is 49.4 Å². The van der Waals surface area contributed by atoms with Crippen LogP contribution in [0.3, 0.4) is 0 Å². The lowest BCUT2D eigenvalue weighted by atomic mass is 9.93. The molecular formula is C20H19NO3S. The first kappa shape index (κ1) is 17.3. The van der Waals surface area contributed by atoms with E-state index in [1.165, 1.54) is 6.26 Å². The third kappa shape index (κ3) is 3.94. The molecular weight excluding hydrogens is 334 g/mol. The van der Waals surface area contributed by atoms with Gasteiger partial charge in [0.25, 0.3) is 0 Å². The van der Waals surface area contributed by atoms with Crippen LogP contribution in [0, 0.1) is 0 Å². The number of carbonyl (C=O) groups excluding carboxylic acids is 1. The standard InChI is InChI=1S/C20H19NO3S/c1-14(13-25(2,23)24)18-10-17-7-4-8-21-20(17)19(11-18)16-6-3-5-15(9-16)12-22/h3-12,14H,13H2,1-2H3. The molecule has 1 unspecified atom stereocenters. The number of benzene rings is 2. The Morgan fingerprint density at radius 1 is 1.12 bits per heavy atom. The van der Waals surface area contributed by atoms with Gasteiger partial charge in [0.1, 0.15) is 16.1 Å². The topological polar surface area (TPSA) is 64.1 Å². The predicted octanol–water partition coefficient (Wildman–Crippen LogP) is 3.86. The Balaban J connectivity index is 2.20. The number of hydrogen-bond donors (Lipinski definition) is 0. The Morgan fingerprint density at radius 3 is 2.64 bits per heavy atom. The Morgan fingerprint density at radius 2 is 1.92 bits per heavy atom. The van der Waals surface area contributed by atoms with Gasteiger partial charge in [0.15, 0.2) is 0 Å². The molecule has 0 radical (unpaired) electrons. The summed E-state index contributed by atoms with van der Waals surface area (Å²) in [4.78, 5) is 15.6. The minimum atomic E-state index is -3.07. The highest BCUT2D eigenvalue weighted by molar-refractivity contribution is 7.90. The first-order chi connectivity index (χ1) is 11.9. The van der Waals surface area contributed by atoms with Gasteiger partial charge in [-0.05, 0) is 41.3 Å². The highest BCUT2D eigenvalue weighted by atomic mass is 32.2. The molecule has 0 saturated carbocycles. The van der Waals surface area contributed by atoms with Crippen molar-refractivity contribution in [2.24, 2.45) is 0 Å². The third-order valence-corrected chi connectivity index (χ3v) is 5.29. The van der Waals surface area contributed by atoms with Crippen molar-refractivity contribution in [1.29, 1.82) is 0 Å². The van der Waals surface area contributed by atoms with Gasteiger partial charge in [-0.2, -0.15) is 0 Å². The van der Waals surface area contributed by atoms with Crippen molar-refractivity contribution in [3.63, 3.8) is 0 Å². The van der Waals surface area contributed by atoms with Gasteiger partial charge in [-0.3, -0.25) is 9.78 Å². The fourth-order valence-corrected chi connectivity index (χ4v) is 4.15. The SMILES string of the molecule is CC(CS(C)(=O)=O)c1cc(-c2cccc(C=O)c2)c2ncccc2c1. The van der Waals surface area contributed by atoms with Crippen LogP contribution in [-0.2, 0) is 9.84 Å². The fraction of sp³-hybridized carbons (Fsp3) is 0.200. The number of fused-ring (bicyclic) bond motifs is 1. The number of aromatic nitrogens is 1. The maximum absolute atomic E-state index is 11.7. The smallest absolute Gasteiger partial charge is 0.150 e. The van der Waals surface area contributed by atoms with Gasteiger partial charge in [0.05, 0.1) is 11.3 Å². The van der Waals surface area contributed by atoms with Gasteiger partial charge >= 0.3 is 0 Å². The largest absolute Gasteiger partial charge is 0.298 e. The molecule has 0 saturated heterocycles. The first-order valence-corrected chi connectivity index (χ1v) is 10.1. The molecule has 0 amide bonds. The van der Waals surface area contributed by atoms with Crippen LogP contribution < -0.4 is 0 Å². The summed E-state index contributed by atoms with van der Waals surface area (Å²) >= 11 is 0. The first-order valence-electron chi connectivity index (χ1n) is 7.99. The number of nitrogens with zero attached hydrogens (tertiary/aromatic N) is 1. The predicted molar refractivity (Wildman–Crippen MR) is 101 cm³/mol. The number of rotatable bonds is 5. The second-order valence-electron chi connectivity index (χ2n) is 6.38. The highest BCUT2D eigenvalue weighted by Crippen LogP contribution is 2.32. The van der Waals surface area contributed by atoms with Crippen molar-refractivity contribution < 1.29 is 13.2 Å². The van der Waals surface area contributed by atoms with E-state index >= 15 is 0 Å². The molecule has 0 N–H and O–H groups in total. The molecule has 3 aromatic rings. The Hall–Kier alpha value is -2.53. The van der Waals surface area contributed by atoms with E-state index in [1.54, 1.807) is 12.3 Å². The summed E-state index contributed by atoms with van der Waals surface area (Å²) in [6.07, 6.45) is 3.80. The lowest BCUT2D eigenvalue weighted by molar-refractivity contribution is 0.112. The Bertz CT molecular complexity index is 1040. The van der Waals surface area contributed by atoms with Crippen molar-refractivity contribution in [2.45, 2.75) is 12.8 Å². The minimum Gasteiger partial charge on any atom is -0.298 e. The van der Waals surface area contributed by atoms with Crippen LogP contribution in [0.5, 0.6) is 0 Å². The van der Waals surface area contributed by atoms with Crippen LogP contribution in [0.15, 0.2) is 54.7 Å². The molecule has 0 aliphatic carbocycles. The van der Waals surface area contributed by atoms with E-state index in [2.05, 4.69) is 4.98 Å². The molecule has 3 rings (SSSR count). The molecule has 0 aliphatic heterocycles. The number of pyridine rings is 1. The van der Waals surface area contributed by atoms with E-state index in [9.17, 15) is 13.2 Å². The number of aldehydes is 1. The molecule has 4 nitrogen and oxygen atoms in total. The fourth-order valence-electron chi connectivity index (χ4n) is 3.05. The maximum atomic E-state index is 11.7. The Labute approximate surface area is 147 Å². The zero-order valence-corrected chi connectivity index (χ0v) is 15.0. The molecule has 1 aromatic heterocycles. The van der Waals surface area contributed by atoms with Crippen molar-refractivity contribution in [3.8, 4) is 11.1 Å². The lowest BCUT2D eigenvalue weighted by Crippen LogP contribution is -2.10. The van der Waals surface area contributed by atoms with Gasteiger partial charge in [0.2, 0.25) is 0 Å². The van der Waals surface area contributed by atoms with Crippen molar-refractivity contribution in [1.82, 2.24) is 4.98 Å². The normalized spacial score (nSPS) is 12.9. The average Bonchev–Trinajstić information content (AvgIpc) is 2.59. The molecule has 1 heterocycles. The summed E-state index contributed by atoms with van der Waals surface area (Å²) in [6.45, 7) is 1.91. The molecule has 0 bridgehead atoms. The minimum absolute atomic E-state index is 0.0899. The average molecular weight is 353 g/mol. The number of hydrogen-bond acceptors (Lipinski definition) is 4.